The summed E-state index contributed by atoms with van der Waals surface area (Å²) in [5, 5.41) is 8.45. The maximum absolute atomic E-state index is 10.3. The molecule has 0 rings (SSSR count). The Kier molecular flexibility index (Phi) is 4.53. The van der Waals surface area contributed by atoms with Gasteiger partial charge in [0.2, 0.25) is 0 Å². The van der Waals surface area contributed by atoms with Crippen molar-refractivity contribution in [3.05, 3.63) is 12.7 Å². The van der Waals surface area contributed by atoms with Crippen molar-refractivity contribution >= 4 is 5.97 Å². The Morgan fingerprint density at radius 3 is 2.90 bits per heavy atom. The summed E-state index contributed by atoms with van der Waals surface area (Å²) in [5.41, 5.74) is 2.31. The van der Waals surface area contributed by atoms with Gasteiger partial charge in [-0.1, -0.05) is 6.08 Å². The Labute approximate surface area is 59.4 Å². The number of hydroxylamine groups is 1. The Hall–Kier alpha value is -0.870. The van der Waals surface area contributed by atoms with E-state index in [1.807, 2.05) is 0 Å². The lowest BCUT2D eigenvalue weighted by atomic mass is 10.2. The number of aliphatic carboxylic acids is 1. The number of carboxylic acid groups (broad SMARTS) is 1. The van der Waals surface area contributed by atoms with Crippen LogP contribution in [0.1, 0.15) is 6.42 Å². The first-order chi connectivity index (χ1) is 4.72. The van der Waals surface area contributed by atoms with E-state index in [0.29, 0.717) is 6.42 Å². The summed E-state index contributed by atoms with van der Waals surface area (Å²) in [4.78, 5) is 14.7. The molecule has 0 saturated carbocycles. The minimum absolute atomic E-state index is 0.350. The third-order valence-electron chi connectivity index (χ3n) is 0.961. The van der Waals surface area contributed by atoms with Gasteiger partial charge in [0, 0.05) is 0 Å². The second-order valence-corrected chi connectivity index (χ2v) is 1.74. The molecule has 4 nitrogen and oxygen atoms in total. The summed E-state index contributed by atoms with van der Waals surface area (Å²) in [7, 11) is 1.37. The molecule has 0 aliphatic rings. The van der Waals surface area contributed by atoms with Crippen molar-refractivity contribution in [2.75, 3.05) is 7.11 Å². The molecule has 0 spiro atoms. The average Bonchev–Trinajstić information content (AvgIpc) is 1.87. The second-order valence-electron chi connectivity index (χ2n) is 1.74. The van der Waals surface area contributed by atoms with E-state index < -0.39 is 12.0 Å². The van der Waals surface area contributed by atoms with Gasteiger partial charge < -0.3 is 9.94 Å². The first kappa shape index (κ1) is 9.13. The van der Waals surface area contributed by atoms with E-state index in [9.17, 15) is 4.79 Å². The monoisotopic (exact) mass is 145 g/mol. The van der Waals surface area contributed by atoms with Gasteiger partial charge in [-0.25, -0.2) is 0 Å². The maximum Gasteiger partial charge on any atom is 0.323 e. The molecule has 0 amide bonds. The minimum atomic E-state index is -0.943. The van der Waals surface area contributed by atoms with Crippen molar-refractivity contribution < 1.29 is 14.7 Å². The van der Waals surface area contributed by atoms with E-state index >= 15 is 0 Å². The predicted octanol–water partition coefficient (Wildman–Crippen LogP) is 0.167. The Morgan fingerprint density at radius 1 is 2.00 bits per heavy atom. The standard InChI is InChI=1S/C6H11NO3/c1-3-4-5(6(8)9)7-10-2/h3,5,7H,1,4H2,2H3,(H,8,9). The molecule has 1 unspecified atom stereocenters. The highest BCUT2D eigenvalue weighted by Gasteiger charge is 2.13. The quantitative estimate of drug-likeness (QED) is 0.427. The van der Waals surface area contributed by atoms with Crippen molar-refractivity contribution in [2.24, 2.45) is 0 Å². The van der Waals surface area contributed by atoms with Gasteiger partial charge in [-0.15, -0.1) is 6.58 Å². The van der Waals surface area contributed by atoms with Crippen molar-refractivity contribution in [2.45, 2.75) is 12.5 Å². The van der Waals surface area contributed by atoms with Gasteiger partial charge in [-0.05, 0) is 6.42 Å². The first-order valence-corrected chi connectivity index (χ1v) is 2.84. The maximum atomic E-state index is 10.3. The lowest BCUT2D eigenvalue weighted by molar-refractivity contribution is -0.143. The minimum Gasteiger partial charge on any atom is -0.480 e. The van der Waals surface area contributed by atoms with Crippen LogP contribution in [0.25, 0.3) is 0 Å². The smallest absolute Gasteiger partial charge is 0.323 e. The Bertz CT molecular complexity index is 124. The van der Waals surface area contributed by atoms with Crippen LogP contribution in [0, 0.1) is 0 Å². The highest BCUT2D eigenvalue weighted by atomic mass is 16.6. The van der Waals surface area contributed by atoms with Gasteiger partial charge in [0.05, 0.1) is 7.11 Å². The summed E-state index contributed by atoms with van der Waals surface area (Å²) in [5.74, 6) is -0.943. The number of nitrogens with one attached hydrogen (secondary N) is 1. The van der Waals surface area contributed by atoms with E-state index in [1.54, 1.807) is 0 Å². The topological polar surface area (TPSA) is 58.6 Å². The van der Waals surface area contributed by atoms with Crippen LogP contribution in [0.4, 0.5) is 0 Å². The molecule has 0 heterocycles. The van der Waals surface area contributed by atoms with E-state index in [2.05, 4.69) is 16.9 Å². The molecular formula is C6H11NO3. The van der Waals surface area contributed by atoms with Gasteiger partial charge in [-0.2, -0.15) is 5.48 Å². The van der Waals surface area contributed by atoms with Crippen LogP contribution >= 0.6 is 0 Å². The summed E-state index contributed by atoms with van der Waals surface area (Å²) in [6, 6.07) is -0.692. The lowest BCUT2D eigenvalue weighted by Crippen LogP contribution is -2.35. The van der Waals surface area contributed by atoms with Gasteiger partial charge in [-0.3, -0.25) is 4.79 Å². The number of carboxylic acids is 1. The number of carbonyl (C=O) groups is 1. The predicted molar refractivity (Wildman–Crippen MR) is 36.4 cm³/mol. The van der Waals surface area contributed by atoms with E-state index in [4.69, 9.17) is 5.11 Å². The highest BCUT2D eigenvalue weighted by molar-refractivity contribution is 5.73. The van der Waals surface area contributed by atoms with Crippen LogP contribution in [0.5, 0.6) is 0 Å². The van der Waals surface area contributed by atoms with E-state index in [1.165, 1.54) is 13.2 Å². The zero-order valence-corrected chi connectivity index (χ0v) is 5.83. The molecular weight excluding hydrogens is 134 g/mol. The fourth-order valence-corrected chi connectivity index (χ4v) is 0.508. The lowest BCUT2D eigenvalue weighted by Gasteiger charge is -2.08. The molecule has 2 N–H and O–H groups in total. The molecule has 0 aromatic carbocycles. The second kappa shape index (κ2) is 4.96. The van der Waals surface area contributed by atoms with E-state index in [0.717, 1.165) is 0 Å². The van der Waals surface area contributed by atoms with Crippen molar-refractivity contribution in [1.82, 2.24) is 5.48 Å². The van der Waals surface area contributed by atoms with Crippen LogP contribution in [-0.4, -0.2) is 24.2 Å². The molecule has 0 saturated heterocycles. The summed E-state index contributed by atoms with van der Waals surface area (Å²) < 4.78 is 0. The fraction of sp³-hybridized carbons (Fsp3) is 0.500. The SMILES string of the molecule is C=CCC(NOC)C(=O)O. The van der Waals surface area contributed by atoms with Crippen LogP contribution in [0.15, 0.2) is 12.7 Å². The largest absolute Gasteiger partial charge is 0.480 e. The molecule has 58 valence electrons. The molecule has 0 aliphatic heterocycles. The Morgan fingerprint density at radius 2 is 2.60 bits per heavy atom. The molecule has 0 aromatic heterocycles. The molecule has 0 fully saturated rings. The van der Waals surface area contributed by atoms with Gasteiger partial charge in [0.1, 0.15) is 6.04 Å². The summed E-state index contributed by atoms with van der Waals surface area (Å²) >= 11 is 0. The fourth-order valence-electron chi connectivity index (χ4n) is 0.508. The Balaban J connectivity index is 3.71. The van der Waals surface area contributed by atoms with Crippen LogP contribution < -0.4 is 5.48 Å². The zero-order chi connectivity index (χ0) is 7.98. The first-order valence-electron chi connectivity index (χ1n) is 2.84. The number of hydrogen-bond acceptors (Lipinski definition) is 3. The molecule has 1 atom stereocenters. The van der Waals surface area contributed by atoms with Gasteiger partial charge in [0.15, 0.2) is 0 Å². The zero-order valence-electron chi connectivity index (χ0n) is 5.83. The molecule has 0 radical (unpaired) electrons. The molecule has 0 aromatic rings. The third kappa shape index (κ3) is 3.21. The van der Waals surface area contributed by atoms with Gasteiger partial charge >= 0.3 is 5.97 Å². The number of hydrogen-bond donors (Lipinski definition) is 2. The normalized spacial score (nSPS) is 12.5. The van der Waals surface area contributed by atoms with Crippen molar-refractivity contribution in [1.29, 1.82) is 0 Å². The molecule has 0 bridgehead atoms. The third-order valence-corrected chi connectivity index (χ3v) is 0.961. The molecule has 4 heteroatoms. The van der Waals surface area contributed by atoms with Crippen molar-refractivity contribution in [3.8, 4) is 0 Å². The summed E-state index contributed by atoms with van der Waals surface area (Å²) in [6.07, 6.45) is 1.87. The average molecular weight is 145 g/mol. The van der Waals surface area contributed by atoms with Crippen LogP contribution in [-0.2, 0) is 9.63 Å². The molecule has 10 heavy (non-hydrogen) atoms. The van der Waals surface area contributed by atoms with Crippen LogP contribution in [0.3, 0.4) is 0 Å². The van der Waals surface area contributed by atoms with Gasteiger partial charge in [0.25, 0.3) is 0 Å². The highest BCUT2D eigenvalue weighted by Crippen LogP contribution is 1.91. The summed E-state index contributed by atoms with van der Waals surface area (Å²) in [6.45, 7) is 3.41. The molecule has 0 aliphatic carbocycles. The van der Waals surface area contributed by atoms with E-state index in [-0.39, 0.29) is 0 Å². The van der Waals surface area contributed by atoms with Crippen molar-refractivity contribution in [3.63, 3.8) is 0 Å². The number of rotatable bonds is 5. The van der Waals surface area contributed by atoms with Crippen LogP contribution in [0.2, 0.25) is 0 Å².